The number of benzene rings is 2. The molecule has 0 spiro atoms. The molecule has 7 nitrogen and oxygen atoms in total. The maximum Gasteiger partial charge on any atom is 0.322 e. The molecule has 2 aromatic carbocycles. The lowest BCUT2D eigenvalue weighted by molar-refractivity contribution is -0.132. The predicted octanol–water partition coefficient (Wildman–Crippen LogP) is 8.64. The van der Waals surface area contributed by atoms with Gasteiger partial charge in [0.25, 0.3) is 0 Å². The fraction of sp³-hybridized carbons (Fsp3) is 0.500. The molecule has 3 aromatic rings. The van der Waals surface area contributed by atoms with Crippen molar-refractivity contribution < 1.29 is 14.3 Å². The minimum Gasteiger partial charge on any atom is -0.382 e. The Kier molecular flexibility index (Phi) is 14.5. The van der Waals surface area contributed by atoms with Gasteiger partial charge in [0.15, 0.2) is 0 Å². The van der Waals surface area contributed by atoms with Crippen LogP contribution in [-0.4, -0.2) is 59.2 Å². The Morgan fingerprint density at radius 1 is 0.886 bits per heavy atom. The minimum atomic E-state index is -0.251. The lowest BCUT2D eigenvalue weighted by atomic mass is 9.93. The Morgan fingerprint density at radius 2 is 1.55 bits per heavy atom. The zero-order chi connectivity index (χ0) is 32.1. The van der Waals surface area contributed by atoms with E-state index in [1.165, 1.54) is 5.56 Å². The Morgan fingerprint density at radius 3 is 2.16 bits per heavy atom. The second-order valence-corrected chi connectivity index (χ2v) is 12.9. The largest absolute Gasteiger partial charge is 0.382 e. The number of hydrogen-bond acceptors (Lipinski definition) is 3. The van der Waals surface area contributed by atoms with Crippen LogP contribution in [0, 0.1) is 0 Å². The minimum absolute atomic E-state index is 0.00987. The third-order valence-electron chi connectivity index (χ3n) is 7.82. The summed E-state index contributed by atoms with van der Waals surface area (Å²) in [7, 11) is 0. The van der Waals surface area contributed by atoms with Gasteiger partial charge in [-0.2, -0.15) is 0 Å². The van der Waals surface area contributed by atoms with Gasteiger partial charge in [-0.15, -0.1) is 0 Å². The van der Waals surface area contributed by atoms with Gasteiger partial charge in [0.05, 0.1) is 6.54 Å². The molecule has 0 bridgehead atoms. The molecule has 0 aliphatic rings. The number of rotatable bonds is 17. The van der Waals surface area contributed by atoms with Crippen LogP contribution >= 0.6 is 15.9 Å². The summed E-state index contributed by atoms with van der Waals surface area (Å²) in [5, 5.41) is 3.22. The quantitative estimate of drug-likeness (QED) is 0.147. The fourth-order valence-electron chi connectivity index (χ4n) is 5.27. The molecule has 0 unspecified atom stereocenters. The maximum atomic E-state index is 13.9. The maximum absolute atomic E-state index is 13.9. The molecule has 0 saturated carbocycles. The van der Waals surface area contributed by atoms with Gasteiger partial charge in [-0.05, 0) is 72.6 Å². The van der Waals surface area contributed by atoms with E-state index in [1.807, 2.05) is 30.0 Å². The van der Waals surface area contributed by atoms with Crippen molar-refractivity contribution in [1.82, 2.24) is 14.4 Å². The van der Waals surface area contributed by atoms with Crippen molar-refractivity contribution in [3.8, 4) is 0 Å². The average Bonchev–Trinajstić information content (AvgIpc) is 3.43. The average molecular weight is 668 g/mol. The molecule has 44 heavy (non-hydrogen) atoms. The number of ether oxygens (including phenoxy) is 1. The number of urea groups is 1. The number of carbonyl (C=O) groups excluding carboxylic acids is 2. The van der Waals surface area contributed by atoms with E-state index in [0.717, 1.165) is 46.4 Å². The number of halogens is 1. The van der Waals surface area contributed by atoms with Gasteiger partial charge in [-0.25, -0.2) is 4.79 Å². The molecule has 0 aliphatic carbocycles. The van der Waals surface area contributed by atoms with Crippen molar-refractivity contribution in [2.45, 2.75) is 85.7 Å². The molecule has 0 fully saturated rings. The van der Waals surface area contributed by atoms with Crippen molar-refractivity contribution in [2.75, 3.05) is 38.2 Å². The lowest BCUT2D eigenvalue weighted by Gasteiger charge is -2.29. The highest BCUT2D eigenvalue weighted by atomic mass is 79.9. The van der Waals surface area contributed by atoms with Crippen LogP contribution in [0.15, 0.2) is 65.3 Å². The number of unbranched alkanes of at least 4 members (excludes halogenated alkanes) is 1. The van der Waals surface area contributed by atoms with Crippen LogP contribution in [-0.2, 0) is 22.6 Å². The van der Waals surface area contributed by atoms with Crippen LogP contribution in [0.25, 0.3) is 0 Å². The summed E-state index contributed by atoms with van der Waals surface area (Å²) in [5.74, 6) is 0.438. The molecule has 8 heteroatoms. The van der Waals surface area contributed by atoms with Gasteiger partial charge in [-0.1, -0.05) is 87.3 Å². The summed E-state index contributed by atoms with van der Waals surface area (Å²) in [4.78, 5) is 31.4. The second-order valence-electron chi connectivity index (χ2n) is 11.9. The highest BCUT2D eigenvalue weighted by molar-refractivity contribution is 9.10. The molecule has 3 rings (SSSR count). The molecule has 240 valence electrons. The molecule has 1 N–H and O–H groups in total. The monoisotopic (exact) mass is 666 g/mol. The van der Waals surface area contributed by atoms with Crippen LogP contribution in [0.3, 0.4) is 0 Å². The smallest absolute Gasteiger partial charge is 0.322 e. The SMILES string of the molecule is CCCCN(Cc1cccn1Cc1ccc(Br)cc1)C(=O)CN(CCCOCC)C(=O)Nc1c(C(C)C)cccc1C(C)C. The van der Waals surface area contributed by atoms with Crippen molar-refractivity contribution in [1.29, 1.82) is 0 Å². The first-order valence-electron chi connectivity index (χ1n) is 16.1. The number of hydrogen-bond donors (Lipinski definition) is 1. The summed E-state index contributed by atoms with van der Waals surface area (Å²) >= 11 is 3.51. The predicted molar refractivity (Wildman–Crippen MR) is 184 cm³/mol. The molecule has 0 aliphatic heterocycles. The number of carbonyl (C=O) groups is 2. The van der Waals surface area contributed by atoms with E-state index in [2.05, 4.69) is 103 Å². The first-order chi connectivity index (χ1) is 21.1. The van der Waals surface area contributed by atoms with Crippen LogP contribution in [0.5, 0.6) is 0 Å². The topological polar surface area (TPSA) is 66.8 Å². The fourth-order valence-corrected chi connectivity index (χ4v) is 5.53. The summed E-state index contributed by atoms with van der Waals surface area (Å²) in [6, 6.07) is 18.4. The number of nitrogens with zero attached hydrogens (tertiary/aromatic N) is 3. The second kappa shape index (κ2) is 18.0. The van der Waals surface area contributed by atoms with Gasteiger partial charge >= 0.3 is 6.03 Å². The summed E-state index contributed by atoms with van der Waals surface area (Å²) < 4.78 is 8.81. The van der Waals surface area contributed by atoms with Gasteiger partial charge in [0.1, 0.15) is 6.54 Å². The summed E-state index contributed by atoms with van der Waals surface area (Å²) in [6.45, 7) is 16.1. The summed E-state index contributed by atoms with van der Waals surface area (Å²) in [5.41, 5.74) is 5.31. The Labute approximate surface area is 273 Å². The number of aromatic nitrogens is 1. The van der Waals surface area contributed by atoms with Crippen molar-refractivity contribution in [2.24, 2.45) is 0 Å². The van der Waals surface area contributed by atoms with Crippen LogP contribution in [0.2, 0.25) is 0 Å². The van der Waals surface area contributed by atoms with E-state index in [4.69, 9.17) is 4.74 Å². The van der Waals surface area contributed by atoms with E-state index >= 15 is 0 Å². The first-order valence-corrected chi connectivity index (χ1v) is 16.9. The van der Waals surface area contributed by atoms with Gasteiger partial charge in [0.2, 0.25) is 5.91 Å². The Bertz CT molecular complexity index is 1290. The van der Waals surface area contributed by atoms with Crippen molar-refractivity contribution >= 4 is 33.6 Å². The standard InChI is InChI=1S/C36H51BrN4O3/c1-7-9-20-40(25-31-13-11-21-39(31)24-29-16-18-30(37)19-17-29)34(42)26-41(22-12-23-44-8-2)36(43)38-35-32(27(3)4)14-10-15-33(35)28(5)6/h10-11,13-19,21,27-28H,7-9,12,20,22-26H2,1-6H3,(H,38,43). The number of nitrogens with one attached hydrogen (secondary N) is 1. The number of amides is 3. The molecule has 1 heterocycles. The number of anilines is 1. The van der Waals surface area contributed by atoms with E-state index in [0.29, 0.717) is 39.3 Å². The van der Waals surface area contributed by atoms with Crippen molar-refractivity contribution in [3.05, 3.63) is 87.7 Å². The van der Waals surface area contributed by atoms with Gasteiger partial charge in [-0.3, -0.25) is 4.79 Å². The van der Waals surface area contributed by atoms with Crippen molar-refractivity contribution in [3.63, 3.8) is 0 Å². The highest BCUT2D eigenvalue weighted by Gasteiger charge is 2.24. The molecular weight excluding hydrogens is 616 g/mol. The van der Waals surface area contributed by atoms with E-state index in [-0.39, 0.29) is 30.3 Å². The van der Waals surface area contributed by atoms with Crippen LogP contribution in [0.1, 0.15) is 95.0 Å². The lowest BCUT2D eigenvalue weighted by Crippen LogP contribution is -2.45. The van der Waals surface area contributed by atoms with Gasteiger partial charge in [0, 0.05) is 54.9 Å². The van der Waals surface area contributed by atoms with Crippen LogP contribution < -0.4 is 5.32 Å². The molecule has 0 radical (unpaired) electrons. The molecular formula is C36H51BrN4O3. The normalized spacial score (nSPS) is 11.3. The summed E-state index contributed by atoms with van der Waals surface area (Å²) in [6.07, 6.45) is 4.59. The Balaban J connectivity index is 1.82. The molecule has 0 atom stereocenters. The zero-order valence-electron chi connectivity index (χ0n) is 27.4. The molecule has 1 aromatic heterocycles. The van der Waals surface area contributed by atoms with Gasteiger partial charge < -0.3 is 24.4 Å². The Hall–Kier alpha value is -3.10. The zero-order valence-corrected chi connectivity index (χ0v) is 29.0. The highest BCUT2D eigenvalue weighted by Crippen LogP contribution is 2.32. The first kappa shape index (κ1) is 35.4. The van der Waals surface area contributed by atoms with E-state index < -0.39 is 0 Å². The third kappa shape index (κ3) is 10.5. The van der Waals surface area contributed by atoms with Crippen LogP contribution in [0.4, 0.5) is 10.5 Å². The molecule has 0 saturated heterocycles. The number of para-hydroxylation sites is 1. The van der Waals surface area contributed by atoms with E-state index in [9.17, 15) is 9.59 Å². The third-order valence-corrected chi connectivity index (χ3v) is 8.34. The van der Waals surface area contributed by atoms with E-state index in [1.54, 1.807) is 4.90 Å². The molecule has 3 amide bonds.